The van der Waals surface area contributed by atoms with Crippen molar-refractivity contribution in [2.45, 2.75) is 44.6 Å². The fraction of sp³-hybridized carbons (Fsp3) is 0.444. The lowest BCUT2D eigenvalue weighted by Gasteiger charge is -2.41. The standard InChI is InChI=1S/C18H24NO11P/c1-3-9(2)16(22)27-8-12-13(20)15(30-31(24,25)26)14(21)18(28-12)29-17(23)10-6-4-5-7-11(10)19/h3-7,12-15,18,20-21H,8,19H2,1-2H3,(H2,24,25,26)/b9-3+/t12?,13-,14?,15+,18+/m1/s1. The van der Waals surface area contributed by atoms with Crippen LogP contribution in [0.15, 0.2) is 35.9 Å². The van der Waals surface area contributed by atoms with Gasteiger partial charge in [-0.25, -0.2) is 14.2 Å². The van der Waals surface area contributed by atoms with Crippen LogP contribution < -0.4 is 5.73 Å². The van der Waals surface area contributed by atoms with Crippen molar-refractivity contribution in [3.63, 3.8) is 0 Å². The number of nitrogens with two attached hydrogens (primary N) is 1. The van der Waals surface area contributed by atoms with Crippen LogP contribution in [-0.4, -0.2) is 69.3 Å². The van der Waals surface area contributed by atoms with Crippen LogP contribution in [0.3, 0.4) is 0 Å². The summed E-state index contributed by atoms with van der Waals surface area (Å²) < 4.78 is 31.2. The van der Waals surface area contributed by atoms with Gasteiger partial charge in [-0.05, 0) is 26.0 Å². The highest BCUT2D eigenvalue weighted by Gasteiger charge is 2.50. The van der Waals surface area contributed by atoms with Crippen LogP contribution in [0, 0.1) is 0 Å². The summed E-state index contributed by atoms with van der Waals surface area (Å²) in [5.74, 6) is -1.74. The first-order valence-electron chi connectivity index (χ1n) is 9.05. The maximum Gasteiger partial charge on any atom is 0.470 e. The maximum absolute atomic E-state index is 12.4. The first kappa shape index (κ1) is 25.0. The number of phosphoric ester groups is 1. The van der Waals surface area contributed by atoms with Gasteiger partial charge in [0.2, 0.25) is 6.29 Å². The molecule has 1 aromatic rings. The fourth-order valence-corrected chi connectivity index (χ4v) is 3.23. The average Bonchev–Trinajstić information content (AvgIpc) is 2.70. The fourth-order valence-electron chi connectivity index (χ4n) is 2.66. The molecule has 0 aromatic heterocycles. The largest absolute Gasteiger partial charge is 0.470 e. The number of carbonyl (C=O) groups excluding carboxylic acids is 2. The molecule has 12 nitrogen and oxygen atoms in total. The zero-order valence-corrected chi connectivity index (χ0v) is 17.5. The van der Waals surface area contributed by atoms with Gasteiger partial charge in [0.05, 0.1) is 5.56 Å². The molecule has 0 radical (unpaired) electrons. The molecule has 0 aliphatic carbocycles. The Morgan fingerprint density at radius 1 is 1.23 bits per heavy atom. The Labute approximate surface area is 177 Å². The number of benzene rings is 1. The molecule has 1 aliphatic heterocycles. The Balaban J connectivity index is 2.23. The van der Waals surface area contributed by atoms with E-state index in [4.69, 9.17) is 29.7 Å². The summed E-state index contributed by atoms with van der Waals surface area (Å²) in [5.41, 5.74) is 5.99. The first-order chi connectivity index (χ1) is 14.4. The van der Waals surface area contributed by atoms with Gasteiger partial charge in [-0.2, -0.15) is 0 Å². The van der Waals surface area contributed by atoms with Crippen LogP contribution in [-0.2, 0) is 28.1 Å². The maximum atomic E-state index is 12.4. The summed E-state index contributed by atoms with van der Waals surface area (Å²) in [6, 6.07) is 5.88. The molecule has 13 heteroatoms. The van der Waals surface area contributed by atoms with Crippen molar-refractivity contribution < 1.29 is 52.9 Å². The lowest BCUT2D eigenvalue weighted by Crippen LogP contribution is -2.60. The van der Waals surface area contributed by atoms with Crippen molar-refractivity contribution in [2.24, 2.45) is 0 Å². The second-order valence-corrected chi connectivity index (χ2v) is 7.84. The summed E-state index contributed by atoms with van der Waals surface area (Å²) in [6.07, 6.45) is -7.53. The molecule has 0 amide bonds. The van der Waals surface area contributed by atoms with E-state index in [-0.39, 0.29) is 16.8 Å². The van der Waals surface area contributed by atoms with Crippen LogP contribution in [0.1, 0.15) is 24.2 Å². The van der Waals surface area contributed by atoms with Crippen molar-refractivity contribution in [1.29, 1.82) is 0 Å². The molecule has 0 saturated carbocycles. The first-order valence-corrected chi connectivity index (χ1v) is 10.6. The molecular formula is C18H24NO11P. The number of allylic oxidation sites excluding steroid dienone is 1. The molecule has 1 heterocycles. The van der Waals surface area contributed by atoms with Crippen LogP contribution in [0.4, 0.5) is 5.69 Å². The van der Waals surface area contributed by atoms with E-state index in [2.05, 4.69) is 4.52 Å². The van der Waals surface area contributed by atoms with E-state index in [9.17, 15) is 24.4 Å². The van der Waals surface area contributed by atoms with Crippen LogP contribution in [0.5, 0.6) is 0 Å². The van der Waals surface area contributed by atoms with E-state index in [1.54, 1.807) is 13.0 Å². The molecule has 0 spiro atoms. The summed E-state index contributed by atoms with van der Waals surface area (Å²) >= 11 is 0. The zero-order valence-electron chi connectivity index (χ0n) is 16.7. The van der Waals surface area contributed by atoms with Crippen molar-refractivity contribution in [3.8, 4) is 0 Å². The molecule has 1 fully saturated rings. The molecule has 6 N–H and O–H groups in total. The van der Waals surface area contributed by atoms with Gasteiger partial charge >= 0.3 is 19.8 Å². The van der Waals surface area contributed by atoms with Gasteiger partial charge in [0, 0.05) is 11.3 Å². The number of hydrogen-bond acceptors (Lipinski definition) is 10. The quantitative estimate of drug-likeness (QED) is 0.156. The predicted octanol–water partition coefficient (Wildman–Crippen LogP) is -0.140. The summed E-state index contributed by atoms with van der Waals surface area (Å²) in [7, 11) is -5.17. The minimum absolute atomic E-state index is 0.0523. The monoisotopic (exact) mass is 461 g/mol. The number of aliphatic hydroxyl groups excluding tert-OH is 2. The third-order valence-corrected chi connectivity index (χ3v) is 4.96. The van der Waals surface area contributed by atoms with Crippen molar-refractivity contribution in [2.75, 3.05) is 12.3 Å². The number of para-hydroxylation sites is 1. The molecule has 0 bridgehead atoms. The van der Waals surface area contributed by atoms with Crippen LogP contribution in [0.25, 0.3) is 0 Å². The number of hydrogen-bond donors (Lipinski definition) is 5. The van der Waals surface area contributed by atoms with Gasteiger partial charge in [0.25, 0.3) is 0 Å². The number of phosphoric acid groups is 1. The second-order valence-electron chi connectivity index (χ2n) is 6.65. The SMILES string of the molecule is C/C=C(\C)C(=O)OCC1O[C@@H](OC(=O)c2ccccc2N)C(O)[C@@H](OP(=O)(O)O)[C@@H]1O. The highest BCUT2D eigenvalue weighted by atomic mass is 31.2. The summed E-state index contributed by atoms with van der Waals surface area (Å²) in [6.45, 7) is 2.51. The molecule has 1 saturated heterocycles. The molecular weight excluding hydrogens is 437 g/mol. The van der Waals surface area contributed by atoms with E-state index in [0.29, 0.717) is 0 Å². The van der Waals surface area contributed by atoms with E-state index < -0.39 is 57.1 Å². The molecule has 31 heavy (non-hydrogen) atoms. The second kappa shape index (κ2) is 10.3. The van der Waals surface area contributed by atoms with E-state index in [1.165, 1.54) is 31.2 Å². The minimum atomic E-state index is -5.17. The van der Waals surface area contributed by atoms with Gasteiger partial charge in [-0.1, -0.05) is 18.2 Å². The molecule has 1 aliphatic rings. The Morgan fingerprint density at radius 2 is 1.87 bits per heavy atom. The number of rotatable bonds is 7. The van der Waals surface area contributed by atoms with Gasteiger partial charge in [0.15, 0.2) is 0 Å². The van der Waals surface area contributed by atoms with E-state index >= 15 is 0 Å². The molecule has 5 atom stereocenters. The van der Waals surface area contributed by atoms with E-state index in [1.807, 2.05) is 0 Å². The highest BCUT2D eigenvalue weighted by Crippen LogP contribution is 2.41. The van der Waals surface area contributed by atoms with Gasteiger partial charge in [-0.15, -0.1) is 0 Å². The Hall–Kier alpha value is -2.31. The number of anilines is 1. The number of aliphatic hydroxyl groups is 2. The molecule has 2 rings (SSSR count). The van der Waals surface area contributed by atoms with E-state index in [0.717, 1.165) is 0 Å². The number of carbonyl (C=O) groups is 2. The van der Waals surface area contributed by atoms with Crippen LogP contribution >= 0.6 is 7.82 Å². The summed E-state index contributed by atoms with van der Waals surface area (Å²) in [5, 5.41) is 20.7. The van der Waals surface area contributed by atoms with Crippen LogP contribution in [0.2, 0.25) is 0 Å². The van der Waals surface area contributed by atoms with Gasteiger partial charge in [0.1, 0.15) is 31.0 Å². The Kier molecular flexibility index (Phi) is 8.32. The third kappa shape index (κ3) is 6.58. The van der Waals surface area contributed by atoms with Gasteiger partial charge < -0.3 is 39.9 Å². The van der Waals surface area contributed by atoms with Crippen molar-refractivity contribution in [1.82, 2.24) is 0 Å². The Morgan fingerprint density at radius 3 is 2.45 bits per heavy atom. The minimum Gasteiger partial charge on any atom is -0.459 e. The average molecular weight is 461 g/mol. The van der Waals surface area contributed by atoms with Crippen molar-refractivity contribution in [3.05, 3.63) is 41.5 Å². The summed E-state index contributed by atoms with van der Waals surface area (Å²) in [4.78, 5) is 42.5. The third-order valence-electron chi connectivity index (χ3n) is 4.44. The normalized spacial score (nSPS) is 26.9. The highest BCUT2D eigenvalue weighted by molar-refractivity contribution is 7.46. The molecule has 172 valence electrons. The number of nitrogen functional groups attached to an aromatic ring is 1. The predicted molar refractivity (Wildman–Crippen MR) is 104 cm³/mol. The topological polar surface area (TPSA) is 195 Å². The lowest BCUT2D eigenvalue weighted by molar-refractivity contribution is -0.283. The smallest absolute Gasteiger partial charge is 0.459 e. The lowest BCUT2D eigenvalue weighted by atomic mass is 9.99. The zero-order chi connectivity index (χ0) is 23.3. The molecule has 2 unspecified atom stereocenters. The Bertz CT molecular complexity index is 883. The van der Waals surface area contributed by atoms with Gasteiger partial charge in [-0.3, -0.25) is 4.52 Å². The number of ether oxygens (including phenoxy) is 3. The van der Waals surface area contributed by atoms with Crippen molar-refractivity contribution >= 4 is 25.4 Å². The number of esters is 2. The molecule has 1 aromatic carbocycles.